The van der Waals surface area contributed by atoms with Crippen molar-refractivity contribution in [3.8, 4) is 0 Å². The largest absolute Gasteiger partial charge is 0.317 e. The van der Waals surface area contributed by atoms with Gasteiger partial charge in [0.25, 0.3) is 0 Å². The van der Waals surface area contributed by atoms with Crippen molar-refractivity contribution in [1.82, 2.24) is 15.1 Å². The first-order valence-electron chi connectivity index (χ1n) is 8.47. The Morgan fingerprint density at radius 1 is 0.950 bits per heavy atom. The molecule has 2 saturated heterocycles. The number of likely N-dealkylation sites (tertiary alicyclic amines) is 1. The van der Waals surface area contributed by atoms with E-state index in [0.29, 0.717) is 0 Å². The molecule has 0 radical (unpaired) electrons. The maximum Gasteiger partial charge on any atom is 0.00106 e. The zero-order valence-electron chi connectivity index (χ0n) is 13.4. The van der Waals surface area contributed by atoms with E-state index in [9.17, 15) is 0 Å². The fourth-order valence-electron chi connectivity index (χ4n) is 3.63. The van der Waals surface area contributed by atoms with Crippen LogP contribution in [0.3, 0.4) is 0 Å². The van der Waals surface area contributed by atoms with Crippen molar-refractivity contribution in [3.05, 3.63) is 0 Å². The van der Waals surface area contributed by atoms with Crippen LogP contribution in [0.1, 0.15) is 39.5 Å². The molecule has 0 saturated carbocycles. The predicted molar refractivity (Wildman–Crippen MR) is 89.8 cm³/mol. The third-order valence-electron chi connectivity index (χ3n) is 5.09. The minimum absolute atomic E-state index is 0. The van der Waals surface area contributed by atoms with E-state index < -0.39 is 0 Å². The average Bonchev–Trinajstić information content (AvgIpc) is 2.47. The van der Waals surface area contributed by atoms with Crippen LogP contribution in [-0.4, -0.2) is 62.2 Å². The van der Waals surface area contributed by atoms with E-state index in [4.69, 9.17) is 0 Å². The summed E-state index contributed by atoms with van der Waals surface area (Å²) in [6, 6.07) is 0. The van der Waals surface area contributed by atoms with Crippen molar-refractivity contribution < 1.29 is 0 Å². The molecule has 0 spiro atoms. The molecular formula is C16H34ClN3. The Hall–Kier alpha value is 0.170. The minimum Gasteiger partial charge on any atom is -0.317 e. The van der Waals surface area contributed by atoms with Crippen LogP contribution in [0.25, 0.3) is 0 Å². The second-order valence-corrected chi connectivity index (χ2v) is 6.42. The summed E-state index contributed by atoms with van der Waals surface area (Å²) in [4.78, 5) is 5.32. The lowest BCUT2D eigenvalue weighted by Crippen LogP contribution is -2.42. The normalized spacial score (nSPS) is 22.9. The van der Waals surface area contributed by atoms with Gasteiger partial charge >= 0.3 is 0 Å². The van der Waals surface area contributed by atoms with Gasteiger partial charge in [-0.25, -0.2) is 0 Å². The van der Waals surface area contributed by atoms with Crippen LogP contribution in [0.4, 0.5) is 0 Å². The highest BCUT2D eigenvalue weighted by Crippen LogP contribution is 2.21. The van der Waals surface area contributed by atoms with Crippen LogP contribution in [0, 0.1) is 11.8 Å². The molecule has 0 atom stereocenters. The molecular weight excluding hydrogens is 270 g/mol. The number of nitrogens with one attached hydrogen (secondary N) is 1. The summed E-state index contributed by atoms with van der Waals surface area (Å²) in [6.07, 6.45) is 5.61. The van der Waals surface area contributed by atoms with Gasteiger partial charge in [-0.1, -0.05) is 13.8 Å². The molecule has 0 aliphatic carbocycles. The number of hydrogen-bond donors (Lipinski definition) is 1. The number of nitrogens with zero attached hydrogens (tertiary/aromatic N) is 2. The Morgan fingerprint density at radius 3 is 2.10 bits per heavy atom. The van der Waals surface area contributed by atoms with Crippen LogP contribution in [-0.2, 0) is 0 Å². The van der Waals surface area contributed by atoms with Gasteiger partial charge in [-0.3, -0.25) is 0 Å². The average molecular weight is 304 g/mol. The van der Waals surface area contributed by atoms with Gasteiger partial charge in [0.15, 0.2) is 0 Å². The third kappa shape index (κ3) is 5.88. The SMILES string of the molecule is CCN(CC)CC1CCN(CC2CCNCC2)CC1.Cl. The monoisotopic (exact) mass is 303 g/mol. The smallest absolute Gasteiger partial charge is 0.00106 e. The summed E-state index contributed by atoms with van der Waals surface area (Å²) in [5.41, 5.74) is 0. The summed E-state index contributed by atoms with van der Waals surface area (Å²) >= 11 is 0. The summed E-state index contributed by atoms with van der Waals surface area (Å²) < 4.78 is 0. The van der Waals surface area contributed by atoms with Crippen molar-refractivity contribution in [3.63, 3.8) is 0 Å². The molecule has 0 bridgehead atoms. The van der Waals surface area contributed by atoms with E-state index in [1.54, 1.807) is 0 Å². The van der Waals surface area contributed by atoms with Crippen LogP contribution in [0.5, 0.6) is 0 Å². The second-order valence-electron chi connectivity index (χ2n) is 6.42. The number of halogens is 1. The summed E-state index contributed by atoms with van der Waals surface area (Å²) in [7, 11) is 0. The van der Waals surface area contributed by atoms with Crippen LogP contribution < -0.4 is 5.32 Å². The lowest BCUT2D eigenvalue weighted by Gasteiger charge is -2.37. The predicted octanol–water partition coefficient (Wildman–Crippen LogP) is 2.46. The fourth-order valence-corrected chi connectivity index (χ4v) is 3.63. The Labute approximate surface area is 131 Å². The van der Waals surface area contributed by atoms with E-state index in [2.05, 4.69) is 29.0 Å². The molecule has 4 heteroatoms. The highest BCUT2D eigenvalue weighted by Gasteiger charge is 2.23. The molecule has 1 N–H and O–H groups in total. The molecule has 2 aliphatic heterocycles. The molecule has 0 unspecified atom stereocenters. The van der Waals surface area contributed by atoms with Gasteiger partial charge in [-0.15, -0.1) is 12.4 Å². The zero-order chi connectivity index (χ0) is 13.5. The van der Waals surface area contributed by atoms with Crippen molar-refractivity contribution >= 4 is 12.4 Å². The zero-order valence-corrected chi connectivity index (χ0v) is 14.3. The Morgan fingerprint density at radius 2 is 1.55 bits per heavy atom. The molecule has 0 aromatic heterocycles. The standard InChI is InChI=1S/C16H33N3.ClH/c1-3-18(4-2)13-16-7-11-19(12-8-16)14-15-5-9-17-10-6-15;/h15-17H,3-14H2,1-2H3;1H. The van der Waals surface area contributed by atoms with E-state index in [1.807, 2.05) is 0 Å². The Balaban J connectivity index is 0.00000200. The van der Waals surface area contributed by atoms with Crippen molar-refractivity contribution in [1.29, 1.82) is 0 Å². The van der Waals surface area contributed by atoms with E-state index in [0.717, 1.165) is 11.8 Å². The molecule has 0 aromatic carbocycles. The van der Waals surface area contributed by atoms with Crippen LogP contribution in [0.2, 0.25) is 0 Å². The van der Waals surface area contributed by atoms with Gasteiger partial charge in [-0.2, -0.15) is 0 Å². The fraction of sp³-hybridized carbons (Fsp3) is 1.00. The molecule has 2 rings (SSSR count). The van der Waals surface area contributed by atoms with Gasteiger partial charge < -0.3 is 15.1 Å². The van der Waals surface area contributed by atoms with Crippen molar-refractivity contribution in [2.24, 2.45) is 11.8 Å². The van der Waals surface area contributed by atoms with E-state index >= 15 is 0 Å². The first kappa shape index (κ1) is 18.2. The lowest BCUT2D eigenvalue weighted by atomic mass is 9.93. The molecule has 2 fully saturated rings. The Kier molecular flexibility index (Phi) is 9.10. The third-order valence-corrected chi connectivity index (χ3v) is 5.09. The highest BCUT2D eigenvalue weighted by atomic mass is 35.5. The van der Waals surface area contributed by atoms with Crippen molar-refractivity contribution in [2.75, 3.05) is 52.4 Å². The van der Waals surface area contributed by atoms with E-state index in [1.165, 1.54) is 78.0 Å². The molecule has 2 aliphatic rings. The minimum atomic E-state index is 0. The van der Waals surface area contributed by atoms with Crippen LogP contribution >= 0.6 is 12.4 Å². The van der Waals surface area contributed by atoms with Gasteiger partial charge in [0.2, 0.25) is 0 Å². The molecule has 3 nitrogen and oxygen atoms in total. The Bertz CT molecular complexity index is 232. The van der Waals surface area contributed by atoms with Gasteiger partial charge in [0.1, 0.15) is 0 Å². The second kappa shape index (κ2) is 9.99. The number of hydrogen-bond acceptors (Lipinski definition) is 3. The number of rotatable bonds is 6. The first-order chi connectivity index (χ1) is 9.31. The molecule has 0 aromatic rings. The van der Waals surface area contributed by atoms with Gasteiger partial charge in [-0.05, 0) is 76.8 Å². The molecule has 0 amide bonds. The summed E-state index contributed by atoms with van der Waals surface area (Å²) in [5, 5.41) is 3.47. The summed E-state index contributed by atoms with van der Waals surface area (Å²) in [6.45, 7) is 14.9. The quantitative estimate of drug-likeness (QED) is 0.813. The first-order valence-corrected chi connectivity index (χ1v) is 8.47. The van der Waals surface area contributed by atoms with Gasteiger partial charge in [0.05, 0.1) is 0 Å². The maximum absolute atomic E-state index is 3.47. The van der Waals surface area contributed by atoms with Crippen molar-refractivity contribution in [2.45, 2.75) is 39.5 Å². The molecule has 20 heavy (non-hydrogen) atoms. The lowest BCUT2D eigenvalue weighted by molar-refractivity contribution is 0.126. The highest BCUT2D eigenvalue weighted by molar-refractivity contribution is 5.85. The van der Waals surface area contributed by atoms with Gasteiger partial charge in [0, 0.05) is 13.1 Å². The number of piperidine rings is 2. The summed E-state index contributed by atoms with van der Waals surface area (Å²) in [5.74, 6) is 1.91. The topological polar surface area (TPSA) is 18.5 Å². The molecule has 120 valence electrons. The van der Waals surface area contributed by atoms with Crippen LogP contribution in [0.15, 0.2) is 0 Å². The van der Waals surface area contributed by atoms with E-state index in [-0.39, 0.29) is 12.4 Å². The maximum atomic E-state index is 3.47. The molecule has 2 heterocycles.